The van der Waals surface area contributed by atoms with Crippen molar-refractivity contribution in [3.05, 3.63) is 35.4 Å². The van der Waals surface area contributed by atoms with Crippen LogP contribution in [0.2, 0.25) is 0 Å². The second-order valence-electron chi connectivity index (χ2n) is 7.76. The predicted octanol–water partition coefficient (Wildman–Crippen LogP) is 3.62. The van der Waals surface area contributed by atoms with E-state index in [0.717, 1.165) is 45.1 Å². The number of ether oxygens (including phenoxy) is 1. The van der Waals surface area contributed by atoms with Gasteiger partial charge in [-0.3, -0.25) is 9.89 Å². The van der Waals surface area contributed by atoms with Crippen LogP contribution in [0.5, 0.6) is 0 Å². The third kappa shape index (κ3) is 8.79. The van der Waals surface area contributed by atoms with Gasteiger partial charge in [-0.1, -0.05) is 38.1 Å². The van der Waals surface area contributed by atoms with Crippen LogP contribution in [0.1, 0.15) is 45.2 Å². The van der Waals surface area contributed by atoms with Gasteiger partial charge >= 0.3 is 0 Å². The van der Waals surface area contributed by atoms with E-state index in [1.54, 1.807) is 0 Å². The Morgan fingerprint density at radius 3 is 2.37 bits per heavy atom. The minimum Gasteiger partial charge on any atom is -0.373 e. The van der Waals surface area contributed by atoms with Crippen molar-refractivity contribution in [3.63, 3.8) is 0 Å². The molecule has 1 fully saturated rings. The SMILES string of the molecule is CN=C(NCCC(C)C)NCc1ccccc1CN1CC(C)OC(C)C1.I. The van der Waals surface area contributed by atoms with Crippen LogP contribution in [0.15, 0.2) is 29.3 Å². The van der Waals surface area contributed by atoms with Gasteiger partial charge in [0.15, 0.2) is 5.96 Å². The van der Waals surface area contributed by atoms with Gasteiger partial charge in [0.2, 0.25) is 0 Å². The van der Waals surface area contributed by atoms with Crippen molar-refractivity contribution in [2.24, 2.45) is 10.9 Å². The molecule has 1 aliphatic heterocycles. The van der Waals surface area contributed by atoms with Gasteiger partial charge in [-0.2, -0.15) is 0 Å². The molecule has 2 N–H and O–H groups in total. The van der Waals surface area contributed by atoms with Gasteiger partial charge in [-0.25, -0.2) is 0 Å². The fraction of sp³-hybridized carbons (Fsp3) is 0.667. The smallest absolute Gasteiger partial charge is 0.191 e. The largest absolute Gasteiger partial charge is 0.373 e. The van der Waals surface area contributed by atoms with Gasteiger partial charge in [0.05, 0.1) is 12.2 Å². The third-order valence-electron chi connectivity index (χ3n) is 4.69. The number of aliphatic imine (C=N–C) groups is 1. The zero-order valence-corrected chi connectivity index (χ0v) is 19.8. The van der Waals surface area contributed by atoms with E-state index in [4.69, 9.17) is 4.74 Å². The summed E-state index contributed by atoms with van der Waals surface area (Å²) in [6, 6.07) is 8.68. The molecule has 27 heavy (non-hydrogen) atoms. The summed E-state index contributed by atoms with van der Waals surface area (Å²) in [5, 5.41) is 6.85. The molecule has 0 spiro atoms. The number of morpholine rings is 1. The molecule has 2 atom stereocenters. The highest BCUT2D eigenvalue weighted by Crippen LogP contribution is 2.17. The van der Waals surface area contributed by atoms with Gasteiger partial charge in [0, 0.05) is 39.8 Å². The van der Waals surface area contributed by atoms with Crippen molar-refractivity contribution in [1.29, 1.82) is 0 Å². The number of rotatable bonds is 7. The first-order valence-electron chi connectivity index (χ1n) is 9.87. The molecule has 1 aliphatic rings. The Balaban J connectivity index is 0.00000364. The van der Waals surface area contributed by atoms with Crippen molar-refractivity contribution in [1.82, 2.24) is 15.5 Å². The number of guanidine groups is 1. The summed E-state index contributed by atoms with van der Waals surface area (Å²) in [7, 11) is 1.83. The average Bonchev–Trinajstić information content (AvgIpc) is 2.58. The highest BCUT2D eigenvalue weighted by molar-refractivity contribution is 14.0. The standard InChI is InChI=1S/C21H36N4O.HI/c1-16(2)10-11-23-21(22-5)24-12-19-8-6-7-9-20(19)15-25-13-17(3)26-18(4)14-25;/h6-9,16-18H,10-15H2,1-5H3,(H2,22,23,24);1H. The van der Waals surface area contributed by atoms with E-state index in [9.17, 15) is 0 Å². The lowest BCUT2D eigenvalue weighted by Gasteiger charge is -2.35. The molecule has 2 rings (SSSR count). The lowest BCUT2D eigenvalue weighted by Crippen LogP contribution is -2.45. The second kappa shape index (κ2) is 12.6. The maximum absolute atomic E-state index is 5.85. The monoisotopic (exact) mass is 488 g/mol. The van der Waals surface area contributed by atoms with E-state index in [0.29, 0.717) is 18.1 Å². The summed E-state index contributed by atoms with van der Waals surface area (Å²) < 4.78 is 5.85. The molecule has 0 bridgehead atoms. The van der Waals surface area contributed by atoms with Gasteiger partial charge in [-0.05, 0) is 37.3 Å². The van der Waals surface area contributed by atoms with Crippen LogP contribution in [0.3, 0.4) is 0 Å². The molecule has 5 nitrogen and oxygen atoms in total. The Bertz CT molecular complexity index is 569. The number of halogens is 1. The third-order valence-corrected chi connectivity index (χ3v) is 4.69. The van der Waals surface area contributed by atoms with E-state index >= 15 is 0 Å². The molecule has 6 heteroatoms. The molecule has 0 aliphatic carbocycles. The van der Waals surface area contributed by atoms with Crippen LogP contribution in [-0.4, -0.2) is 49.7 Å². The first-order valence-corrected chi connectivity index (χ1v) is 9.87. The summed E-state index contributed by atoms with van der Waals surface area (Å²) in [6.45, 7) is 13.5. The average molecular weight is 488 g/mol. The van der Waals surface area contributed by atoms with Crippen molar-refractivity contribution in [3.8, 4) is 0 Å². The maximum Gasteiger partial charge on any atom is 0.191 e. The summed E-state index contributed by atoms with van der Waals surface area (Å²) in [6.07, 6.45) is 1.74. The zero-order chi connectivity index (χ0) is 18.9. The normalized spacial score (nSPS) is 21.0. The fourth-order valence-corrected chi connectivity index (χ4v) is 3.42. The molecule has 0 saturated carbocycles. The molecule has 1 aromatic rings. The van der Waals surface area contributed by atoms with Gasteiger partial charge < -0.3 is 15.4 Å². The first-order chi connectivity index (χ1) is 12.5. The molecule has 154 valence electrons. The highest BCUT2D eigenvalue weighted by atomic mass is 127. The molecule has 0 radical (unpaired) electrons. The molecule has 1 saturated heterocycles. The van der Waals surface area contributed by atoms with Gasteiger partial charge in [-0.15, -0.1) is 24.0 Å². The van der Waals surface area contributed by atoms with E-state index < -0.39 is 0 Å². The van der Waals surface area contributed by atoms with Crippen molar-refractivity contribution < 1.29 is 4.74 Å². The highest BCUT2D eigenvalue weighted by Gasteiger charge is 2.22. The molecular formula is C21H37IN4O. The topological polar surface area (TPSA) is 48.9 Å². The summed E-state index contributed by atoms with van der Waals surface area (Å²) >= 11 is 0. The van der Waals surface area contributed by atoms with Crippen molar-refractivity contribution in [2.75, 3.05) is 26.7 Å². The van der Waals surface area contributed by atoms with Crippen LogP contribution in [0.25, 0.3) is 0 Å². The predicted molar refractivity (Wildman–Crippen MR) is 125 cm³/mol. The van der Waals surface area contributed by atoms with Crippen LogP contribution in [0, 0.1) is 5.92 Å². The lowest BCUT2D eigenvalue weighted by atomic mass is 10.1. The van der Waals surface area contributed by atoms with Crippen LogP contribution in [0.4, 0.5) is 0 Å². The number of hydrogen-bond acceptors (Lipinski definition) is 3. The number of nitrogens with zero attached hydrogens (tertiary/aromatic N) is 2. The van der Waals surface area contributed by atoms with Crippen LogP contribution in [-0.2, 0) is 17.8 Å². The summed E-state index contributed by atoms with van der Waals surface area (Å²) in [5.41, 5.74) is 2.70. The molecule has 1 heterocycles. The fourth-order valence-electron chi connectivity index (χ4n) is 3.42. The number of nitrogens with one attached hydrogen (secondary N) is 2. The first kappa shape index (κ1) is 24.2. The van der Waals surface area contributed by atoms with Gasteiger partial charge in [0.25, 0.3) is 0 Å². The Hall–Kier alpha value is -0.860. The second-order valence-corrected chi connectivity index (χ2v) is 7.76. The molecule has 0 aromatic heterocycles. The van der Waals surface area contributed by atoms with Crippen LogP contribution >= 0.6 is 24.0 Å². The van der Waals surface area contributed by atoms with E-state index in [1.807, 2.05) is 7.05 Å². The van der Waals surface area contributed by atoms with Crippen LogP contribution < -0.4 is 10.6 Å². The Labute approximate surface area is 182 Å². The summed E-state index contributed by atoms with van der Waals surface area (Å²) in [4.78, 5) is 6.83. The Morgan fingerprint density at radius 1 is 1.15 bits per heavy atom. The zero-order valence-electron chi connectivity index (χ0n) is 17.5. The van der Waals surface area contributed by atoms with E-state index in [-0.39, 0.29) is 24.0 Å². The quantitative estimate of drug-likeness (QED) is 0.350. The minimum atomic E-state index is 0. The minimum absolute atomic E-state index is 0. The molecular weight excluding hydrogens is 451 g/mol. The van der Waals surface area contributed by atoms with E-state index in [1.165, 1.54) is 11.1 Å². The Morgan fingerprint density at radius 2 is 1.78 bits per heavy atom. The Kier molecular flexibility index (Phi) is 11.3. The molecule has 0 amide bonds. The number of hydrogen-bond donors (Lipinski definition) is 2. The molecule has 2 unspecified atom stereocenters. The number of benzene rings is 1. The van der Waals surface area contributed by atoms with Crippen molar-refractivity contribution >= 4 is 29.9 Å². The summed E-state index contributed by atoms with van der Waals surface area (Å²) in [5.74, 6) is 1.56. The van der Waals surface area contributed by atoms with Gasteiger partial charge in [0.1, 0.15) is 0 Å². The molecule has 1 aromatic carbocycles. The maximum atomic E-state index is 5.85. The van der Waals surface area contributed by atoms with E-state index in [2.05, 4.69) is 72.5 Å². The van der Waals surface area contributed by atoms with Crippen molar-refractivity contribution in [2.45, 2.75) is 59.4 Å². The lowest BCUT2D eigenvalue weighted by molar-refractivity contribution is -0.0705.